The Morgan fingerprint density at radius 3 is 2.78 bits per heavy atom. The average Bonchev–Trinajstić information content (AvgIpc) is 3.26. The Bertz CT molecular complexity index is 906. The van der Waals surface area contributed by atoms with E-state index in [2.05, 4.69) is 58.7 Å². The number of nitrogens with zero attached hydrogens (tertiary/aromatic N) is 1. The molecule has 6 heteroatoms. The van der Waals surface area contributed by atoms with Crippen molar-refractivity contribution in [2.75, 3.05) is 18.4 Å². The predicted octanol–water partition coefficient (Wildman–Crippen LogP) is 3.79. The monoisotopic (exact) mass is 368 g/mol. The SMILES string of the molecule is CC(C)c1ccc(CO[C@H]2CNC[C@@H]2Nc2nc3ccc(F)cc3[nH]2)cc1. The number of H-pyrrole nitrogens is 1. The molecule has 0 aliphatic carbocycles. The number of hydrogen-bond donors (Lipinski definition) is 3. The highest BCUT2D eigenvalue weighted by Crippen LogP contribution is 2.19. The van der Waals surface area contributed by atoms with Crippen molar-refractivity contribution in [3.05, 3.63) is 59.4 Å². The van der Waals surface area contributed by atoms with Crippen molar-refractivity contribution in [1.29, 1.82) is 0 Å². The summed E-state index contributed by atoms with van der Waals surface area (Å²) in [6.07, 6.45) is 0.0414. The van der Waals surface area contributed by atoms with E-state index in [-0.39, 0.29) is 18.0 Å². The van der Waals surface area contributed by atoms with E-state index in [1.165, 1.54) is 23.3 Å². The molecule has 0 saturated carbocycles. The number of halogens is 1. The summed E-state index contributed by atoms with van der Waals surface area (Å²) in [7, 11) is 0. The van der Waals surface area contributed by atoms with Gasteiger partial charge in [-0.05, 0) is 35.2 Å². The number of aromatic amines is 1. The third kappa shape index (κ3) is 4.12. The quantitative estimate of drug-likeness (QED) is 0.619. The average molecular weight is 368 g/mol. The van der Waals surface area contributed by atoms with E-state index in [1.807, 2.05) is 0 Å². The van der Waals surface area contributed by atoms with E-state index >= 15 is 0 Å². The van der Waals surface area contributed by atoms with Gasteiger partial charge < -0.3 is 20.4 Å². The van der Waals surface area contributed by atoms with Gasteiger partial charge in [0.1, 0.15) is 5.82 Å². The normalized spacial score (nSPS) is 19.9. The van der Waals surface area contributed by atoms with Crippen LogP contribution in [0.2, 0.25) is 0 Å². The van der Waals surface area contributed by atoms with Crippen molar-refractivity contribution in [3.8, 4) is 0 Å². The zero-order valence-corrected chi connectivity index (χ0v) is 15.6. The number of imidazole rings is 1. The van der Waals surface area contributed by atoms with E-state index in [4.69, 9.17) is 4.74 Å². The number of benzene rings is 2. The van der Waals surface area contributed by atoms with Gasteiger partial charge in [0, 0.05) is 13.1 Å². The molecular weight excluding hydrogens is 343 g/mol. The van der Waals surface area contributed by atoms with Crippen molar-refractivity contribution >= 4 is 17.0 Å². The highest BCUT2D eigenvalue weighted by atomic mass is 19.1. The Hall–Kier alpha value is -2.44. The summed E-state index contributed by atoms with van der Waals surface area (Å²) in [6, 6.07) is 13.2. The number of fused-ring (bicyclic) bond motifs is 1. The van der Waals surface area contributed by atoms with Gasteiger partial charge in [-0.15, -0.1) is 0 Å². The van der Waals surface area contributed by atoms with Crippen LogP contribution in [-0.4, -0.2) is 35.2 Å². The molecule has 3 aromatic rings. The van der Waals surface area contributed by atoms with Gasteiger partial charge in [0.15, 0.2) is 0 Å². The predicted molar refractivity (Wildman–Crippen MR) is 105 cm³/mol. The standard InChI is InChI=1S/C21H25FN4O/c1-13(2)15-5-3-14(4-6-15)12-27-20-11-23-10-19(20)26-21-24-17-8-7-16(22)9-18(17)25-21/h3-9,13,19-20,23H,10-12H2,1-2H3,(H2,24,25,26)/t19-,20-/m0/s1. The number of aromatic nitrogens is 2. The minimum atomic E-state index is -0.273. The van der Waals surface area contributed by atoms with Gasteiger partial charge in [-0.25, -0.2) is 9.37 Å². The van der Waals surface area contributed by atoms with Crippen LogP contribution in [0.15, 0.2) is 42.5 Å². The maximum atomic E-state index is 13.3. The van der Waals surface area contributed by atoms with Crippen molar-refractivity contribution in [2.45, 2.75) is 38.5 Å². The lowest BCUT2D eigenvalue weighted by Gasteiger charge is -2.20. The van der Waals surface area contributed by atoms with Crippen LogP contribution in [-0.2, 0) is 11.3 Å². The minimum Gasteiger partial charge on any atom is -0.370 e. The van der Waals surface area contributed by atoms with Gasteiger partial charge in [-0.2, -0.15) is 0 Å². The highest BCUT2D eigenvalue weighted by molar-refractivity contribution is 5.77. The largest absolute Gasteiger partial charge is 0.370 e. The summed E-state index contributed by atoms with van der Waals surface area (Å²) >= 11 is 0. The Kier molecular flexibility index (Phi) is 5.09. The molecular formula is C21H25FN4O. The fraction of sp³-hybridized carbons (Fsp3) is 0.381. The van der Waals surface area contributed by atoms with E-state index in [0.717, 1.165) is 18.6 Å². The molecule has 2 atom stereocenters. The first-order valence-electron chi connectivity index (χ1n) is 9.41. The number of anilines is 1. The first-order valence-corrected chi connectivity index (χ1v) is 9.41. The van der Waals surface area contributed by atoms with Gasteiger partial charge in [-0.1, -0.05) is 38.1 Å². The number of ether oxygens (including phenoxy) is 1. The number of rotatable bonds is 6. The lowest BCUT2D eigenvalue weighted by molar-refractivity contribution is 0.0481. The molecule has 0 unspecified atom stereocenters. The van der Waals surface area contributed by atoms with E-state index in [0.29, 0.717) is 24.0 Å². The molecule has 0 spiro atoms. The second kappa shape index (κ2) is 7.66. The first kappa shape index (κ1) is 17.9. The van der Waals surface area contributed by atoms with Crippen LogP contribution in [0.5, 0.6) is 0 Å². The second-order valence-electron chi connectivity index (χ2n) is 7.40. The molecule has 5 nitrogen and oxygen atoms in total. The zero-order valence-electron chi connectivity index (χ0n) is 15.6. The molecule has 1 aliphatic heterocycles. The summed E-state index contributed by atoms with van der Waals surface area (Å²) in [4.78, 5) is 7.61. The summed E-state index contributed by atoms with van der Waals surface area (Å²) < 4.78 is 19.5. The number of nitrogens with one attached hydrogen (secondary N) is 3. The van der Waals surface area contributed by atoms with Crippen LogP contribution >= 0.6 is 0 Å². The minimum absolute atomic E-state index is 0.0414. The lowest BCUT2D eigenvalue weighted by atomic mass is 10.0. The van der Waals surface area contributed by atoms with E-state index in [1.54, 1.807) is 6.07 Å². The molecule has 1 aromatic heterocycles. The molecule has 4 rings (SSSR count). The lowest BCUT2D eigenvalue weighted by Crippen LogP contribution is -2.34. The Balaban J connectivity index is 1.38. The molecule has 0 bridgehead atoms. The molecule has 2 aromatic carbocycles. The number of hydrogen-bond acceptors (Lipinski definition) is 4. The maximum Gasteiger partial charge on any atom is 0.201 e. The maximum absolute atomic E-state index is 13.3. The Labute approximate surface area is 158 Å². The third-order valence-electron chi connectivity index (χ3n) is 5.04. The second-order valence-corrected chi connectivity index (χ2v) is 7.40. The molecule has 2 heterocycles. The fourth-order valence-electron chi connectivity index (χ4n) is 3.40. The van der Waals surface area contributed by atoms with Gasteiger partial charge >= 0.3 is 0 Å². The van der Waals surface area contributed by atoms with Crippen molar-refractivity contribution in [3.63, 3.8) is 0 Å². The van der Waals surface area contributed by atoms with Gasteiger partial charge in [0.25, 0.3) is 0 Å². The van der Waals surface area contributed by atoms with Crippen LogP contribution in [0.25, 0.3) is 11.0 Å². The third-order valence-corrected chi connectivity index (χ3v) is 5.04. The Morgan fingerprint density at radius 2 is 2.00 bits per heavy atom. The molecule has 142 valence electrons. The van der Waals surface area contributed by atoms with Crippen LogP contribution in [0.4, 0.5) is 10.3 Å². The van der Waals surface area contributed by atoms with Crippen molar-refractivity contribution in [2.24, 2.45) is 0 Å². The molecule has 1 aliphatic rings. The Morgan fingerprint density at radius 1 is 1.19 bits per heavy atom. The van der Waals surface area contributed by atoms with E-state index < -0.39 is 0 Å². The van der Waals surface area contributed by atoms with Gasteiger partial charge in [-0.3, -0.25) is 0 Å². The first-order chi connectivity index (χ1) is 13.1. The van der Waals surface area contributed by atoms with Gasteiger partial charge in [0.05, 0.1) is 29.8 Å². The molecule has 3 N–H and O–H groups in total. The van der Waals surface area contributed by atoms with Crippen LogP contribution < -0.4 is 10.6 Å². The van der Waals surface area contributed by atoms with Crippen LogP contribution in [0, 0.1) is 5.82 Å². The van der Waals surface area contributed by atoms with Crippen LogP contribution in [0.1, 0.15) is 30.9 Å². The molecule has 1 fully saturated rings. The van der Waals surface area contributed by atoms with Crippen molar-refractivity contribution in [1.82, 2.24) is 15.3 Å². The van der Waals surface area contributed by atoms with Crippen molar-refractivity contribution < 1.29 is 9.13 Å². The molecule has 27 heavy (non-hydrogen) atoms. The fourth-order valence-corrected chi connectivity index (χ4v) is 3.40. The smallest absolute Gasteiger partial charge is 0.201 e. The topological polar surface area (TPSA) is 62.0 Å². The molecule has 1 saturated heterocycles. The molecule has 0 amide bonds. The van der Waals surface area contributed by atoms with Gasteiger partial charge in [0.2, 0.25) is 5.95 Å². The molecule has 0 radical (unpaired) electrons. The summed E-state index contributed by atoms with van der Waals surface area (Å²) in [6.45, 7) is 6.55. The van der Waals surface area contributed by atoms with E-state index in [9.17, 15) is 4.39 Å². The highest BCUT2D eigenvalue weighted by Gasteiger charge is 2.28. The van der Waals surface area contributed by atoms with Crippen LogP contribution in [0.3, 0.4) is 0 Å². The zero-order chi connectivity index (χ0) is 18.8. The summed E-state index contributed by atoms with van der Waals surface area (Å²) in [5.74, 6) is 0.897. The summed E-state index contributed by atoms with van der Waals surface area (Å²) in [5, 5.41) is 6.74. The summed E-state index contributed by atoms with van der Waals surface area (Å²) in [5.41, 5.74) is 3.94.